The maximum atomic E-state index is 8.86. The highest BCUT2D eigenvalue weighted by Gasteiger charge is 2.22. The number of nitrogens with two attached hydrogens (primary N) is 1. The third kappa shape index (κ3) is 1.31. The number of hydrogen-bond acceptors (Lipinski definition) is 2. The maximum Gasteiger partial charge on any atom is 0.0995 e. The van der Waals surface area contributed by atoms with Crippen molar-refractivity contribution in [2.24, 2.45) is 5.73 Å². The highest BCUT2D eigenvalue weighted by atomic mass is 35.5. The Kier molecular flexibility index (Phi) is 1.99. The Morgan fingerprint density at radius 3 is 3.00 bits per heavy atom. The van der Waals surface area contributed by atoms with E-state index in [4.69, 9.17) is 22.6 Å². The van der Waals surface area contributed by atoms with E-state index in [-0.39, 0.29) is 6.04 Å². The minimum atomic E-state index is 0.0563. The van der Waals surface area contributed by atoms with Gasteiger partial charge >= 0.3 is 0 Å². The van der Waals surface area contributed by atoms with Crippen LogP contribution in [0.15, 0.2) is 12.1 Å². The molecule has 0 bridgehead atoms. The molecular weight excluding hydrogens is 184 g/mol. The molecule has 1 aromatic carbocycles. The van der Waals surface area contributed by atoms with Crippen LogP contribution in [0.2, 0.25) is 5.02 Å². The fraction of sp³-hybridized carbons (Fsp3) is 0.300. The van der Waals surface area contributed by atoms with Crippen molar-refractivity contribution in [1.82, 2.24) is 0 Å². The summed E-state index contributed by atoms with van der Waals surface area (Å²) < 4.78 is 0. The van der Waals surface area contributed by atoms with Crippen molar-refractivity contribution in [2.45, 2.75) is 18.9 Å². The summed E-state index contributed by atoms with van der Waals surface area (Å²) in [7, 11) is 0. The minimum Gasteiger partial charge on any atom is -0.324 e. The van der Waals surface area contributed by atoms with Gasteiger partial charge in [-0.3, -0.25) is 0 Å². The average Bonchev–Trinajstić information content (AvgIpc) is 2.47. The lowest BCUT2D eigenvalue weighted by Crippen LogP contribution is -2.05. The van der Waals surface area contributed by atoms with Gasteiger partial charge in [0, 0.05) is 11.1 Å². The van der Waals surface area contributed by atoms with Gasteiger partial charge in [-0.25, -0.2) is 0 Å². The van der Waals surface area contributed by atoms with Crippen molar-refractivity contribution < 1.29 is 0 Å². The van der Waals surface area contributed by atoms with Crippen LogP contribution in [0.5, 0.6) is 0 Å². The van der Waals surface area contributed by atoms with Gasteiger partial charge in [0.1, 0.15) is 0 Å². The van der Waals surface area contributed by atoms with Gasteiger partial charge < -0.3 is 5.73 Å². The molecule has 0 saturated carbocycles. The Hall–Kier alpha value is -1.04. The lowest BCUT2D eigenvalue weighted by molar-refractivity contribution is 0.713. The quantitative estimate of drug-likeness (QED) is 0.685. The number of rotatable bonds is 0. The molecule has 1 aliphatic carbocycles. The molecule has 0 heterocycles. The van der Waals surface area contributed by atoms with E-state index in [1.54, 1.807) is 6.07 Å². The molecule has 1 aliphatic rings. The average molecular weight is 193 g/mol. The summed E-state index contributed by atoms with van der Waals surface area (Å²) in [4.78, 5) is 0. The third-order valence-electron chi connectivity index (χ3n) is 2.47. The highest BCUT2D eigenvalue weighted by molar-refractivity contribution is 6.30. The summed E-state index contributed by atoms with van der Waals surface area (Å²) in [6.45, 7) is 0. The SMILES string of the molecule is N#Cc1cc(Cl)cc2c1CC[C@H]2N. The Bertz CT molecular complexity index is 393. The minimum absolute atomic E-state index is 0.0563. The molecule has 2 rings (SSSR count). The molecule has 66 valence electrons. The zero-order valence-corrected chi connectivity index (χ0v) is 7.80. The number of fused-ring (bicyclic) bond motifs is 1. The van der Waals surface area contributed by atoms with E-state index in [1.807, 2.05) is 6.07 Å². The molecule has 0 aromatic heterocycles. The largest absolute Gasteiger partial charge is 0.324 e. The van der Waals surface area contributed by atoms with Crippen molar-refractivity contribution >= 4 is 11.6 Å². The lowest BCUT2D eigenvalue weighted by Gasteiger charge is -2.05. The van der Waals surface area contributed by atoms with E-state index in [2.05, 4.69) is 6.07 Å². The smallest absolute Gasteiger partial charge is 0.0995 e. The Labute approximate surface area is 81.9 Å². The van der Waals surface area contributed by atoms with Crippen LogP contribution in [0.4, 0.5) is 0 Å². The molecule has 0 aliphatic heterocycles. The van der Waals surface area contributed by atoms with Crippen LogP contribution in [0.1, 0.15) is 29.2 Å². The number of nitriles is 1. The van der Waals surface area contributed by atoms with Crippen LogP contribution in [0, 0.1) is 11.3 Å². The van der Waals surface area contributed by atoms with Crippen LogP contribution >= 0.6 is 11.6 Å². The summed E-state index contributed by atoms with van der Waals surface area (Å²) in [6, 6.07) is 5.78. The molecule has 1 aromatic rings. The van der Waals surface area contributed by atoms with E-state index in [9.17, 15) is 0 Å². The van der Waals surface area contributed by atoms with Crippen molar-refractivity contribution in [3.8, 4) is 6.07 Å². The first kappa shape index (κ1) is 8.55. The molecule has 0 fully saturated rings. The van der Waals surface area contributed by atoms with Gasteiger partial charge in [0.15, 0.2) is 0 Å². The van der Waals surface area contributed by atoms with Gasteiger partial charge in [-0.15, -0.1) is 0 Å². The normalized spacial score (nSPS) is 19.6. The number of benzene rings is 1. The molecule has 0 spiro atoms. The second-order valence-electron chi connectivity index (χ2n) is 3.28. The molecule has 3 heteroatoms. The number of hydrogen-bond donors (Lipinski definition) is 1. The summed E-state index contributed by atoms with van der Waals surface area (Å²) in [5, 5.41) is 9.47. The van der Waals surface area contributed by atoms with E-state index >= 15 is 0 Å². The van der Waals surface area contributed by atoms with Crippen LogP contribution in [0.3, 0.4) is 0 Å². The Morgan fingerprint density at radius 2 is 2.31 bits per heavy atom. The fourth-order valence-corrected chi connectivity index (χ4v) is 2.05. The molecule has 0 amide bonds. The topological polar surface area (TPSA) is 49.8 Å². The molecule has 13 heavy (non-hydrogen) atoms. The first-order valence-electron chi connectivity index (χ1n) is 4.20. The van der Waals surface area contributed by atoms with Gasteiger partial charge in [0.25, 0.3) is 0 Å². The first-order chi connectivity index (χ1) is 6.22. The lowest BCUT2D eigenvalue weighted by atomic mass is 10.0. The van der Waals surface area contributed by atoms with Gasteiger partial charge in [-0.1, -0.05) is 11.6 Å². The van der Waals surface area contributed by atoms with E-state index in [0.29, 0.717) is 10.6 Å². The Balaban J connectivity index is 2.65. The second kappa shape index (κ2) is 3.02. The molecule has 2 N–H and O–H groups in total. The van der Waals surface area contributed by atoms with Gasteiger partial charge in [0.2, 0.25) is 0 Å². The van der Waals surface area contributed by atoms with Gasteiger partial charge in [0.05, 0.1) is 11.6 Å². The fourth-order valence-electron chi connectivity index (χ4n) is 1.82. The summed E-state index contributed by atoms with van der Waals surface area (Å²) in [6.07, 6.45) is 1.82. The first-order valence-corrected chi connectivity index (χ1v) is 4.58. The summed E-state index contributed by atoms with van der Waals surface area (Å²) in [5.74, 6) is 0. The predicted molar refractivity (Wildman–Crippen MR) is 51.4 cm³/mol. The third-order valence-corrected chi connectivity index (χ3v) is 2.69. The zero-order valence-electron chi connectivity index (χ0n) is 7.05. The van der Waals surface area contributed by atoms with Crippen LogP contribution in [-0.4, -0.2) is 0 Å². The van der Waals surface area contributed by atoms with Gasteiger partial charge in [-0.05, 0) is 36.1 Å². The van der Waals surface area contributed by atoms with Crippen LogP contribution in [0.25, 0.3) is 0 Å². The monoisotopic (exact) mass is 192 g/mol. The summed E-state index contributed by atoms with van der Waals surface area (Å²) in [5.41, 5.74) is 8.68. The molecule has 0 radical (unpaired) electrons. The van der Waals surface area contributed by atoms with Crippen molar-refractivity contribution in [3.63, 3.8) is 0 Å². The van der Waals surface area contributed by atoms with Crippen LogP contribution < -0.4 is 5.73 Å². The molecule has 0 saturated heterocycles. The predicted octanol–water partition coefficient (Wildman–Crippen LogP) is 2.16. The van der Waals surface area contributed by atoms with Crippen molar-refractivity contribution in [2.75, 3.05) is 0 Å². The standard InChI is InChI=1S/C10H9ClN2/c11-7-3-6(5-12)8-1-2-10(13)9(8)4-7/h3-4,10H,1-2,13H2/t10-/m1/s1. The zero-order chi connectivity index (χ0) is 9.42. The highest BCUT2D eigenvalue weighted by Crippen LogP contribution is 2.33. The molecule has 0 unspecified atom stereocenters. The Morgan fingerprint density at radius 1 is 1.54 bits per heavy atom. The van der Waals surface area contributed by atoms with E-state index < -0.39 is 0 Å². The van der Waals surface area contributed by atoms with E-state index in [0.717, 1.165) is 24.0 Å². The summed E-state index contributed by atoms with van der Waals surface area (Å²) >= 11 is 5.87. The molecular formula is C10H9ClN2. The van der Waals surface area contributed by atoms with Crippen molar-refractivity contribution in [3.05, 3.63) is 33.8 Å². The number of nitrogens with zero attached hydrogens (tertiary/aromatic N) is 1. The maximum absolute atomic E-state index is 8.86. The van der Waals surface area contributed by atoms with Gasteiger partial charge in [-0.2, -0.15) is 5.26 Å². The van der Waals surface area contributed by atoms with Crippen molar-refractivity contribution in [1.29, 1.82) is 5.26 Å². The van der Waals surface area contributed by atoms with E-state index in [1.165, 1.54) is 0 Å². The second-order valence-corrected chi connectivity index (χ2v) is 3.71. The number of halogens is 1. The molecule has 2 nitrogen and oxygen atoms in total. The molecule has 1 atom stereocenters. The van der Waals surface area contributed by atoms with Crippen LogP contribution in [-0.2, 0) is 6.42 Å².